The lowest BCUT2D eigenvalue weighted by atomic mass is 9.87. The summed E-state index contributed by atoms with van der Waals surface area (Å²) in [5, 5.41) is 2.85. The largest absolute Gasteiger partial charge is 0.338 e. The molecule has 0 atom stereocenters. The van der Waals surface area contributed by atoms with E-state index >= 15 is 0 Å². The van der Waals surface area contributed by atoms with Gasteiger partial charge in [-0.1, -0.05) is 45.0 Å². The predicted octanol–water partition coefficient (Wildman–Crippen LogP) is 5.06. The van der Waals surface area contributed by atoms with Crippen LogP contribution < -0.4 is 10.0 Å². The Bertz CT molecular complexity index is 1060. The molecule has 1 aromatic heterocycles. The molecule has 2 aromatic carbocycles. The summed E-state index contributed by atoms with van der Waals surface area (Å²) in [6.07, 6.45) is 1.38. The summed E-state index contributed by atoms with van der Waals surface area (Å²) < 4.78 is 41.3. The van der Waals surface area contributed by atoms with Crippen molar-refractivity contribution in [1.29, 1.82) is 0 Å². The zero-order valence-electron chi connectivity index (χ0n) is 15.9. The second kappa shape index (κ2) is 7.59. The standard InChI is InChI=1S/C21H22FN3O2S/c1-21(2,3)15-8-11-17(12-9-15)28(26,27)25-16-10-13-20(23-14-16)24-19-7-5-4-6-18(19)22/h4-14,25H,1-3H3,(H,23,24). The van der Waals surface area contributed by atoms with Crippen molar-refractivity contribution in [3.63, 3.8) is 0 Å². The summed E-state index contributed by atoms with van der Waals surface area (Å²) in [5.41, 5.74) is 1.61. The number of hydrogen-bond acceptors (Lipinski definition) is 4. The van der Waals surface area contributed by atoms with Gasteiger partial charge in [0.05, 0.1) is 22.5 Å². The van der Waals surface area contributed by atoms with Crippen LogP contribution in [0.25, 0.3) is 0 Å². The highest BCUT2D eigenvalue weighted by Gasteiger charge is 2.18. The number of nitrogens with zero attached hydrogens (tertiary/aromatic N) is 1. The Morgan fingerprint density at radius 3 is 2.18 bits per heavy atom. The van der Waals surface area contributed by atoms with Crippen molar-refractivity contribution in [2.45, 2.75) is 31.1 Å². The van der Waals surface area contributed by atoms with Crippen molar-refractivity contribution >= 4 is 27.2 Å². The lowest BCUT2D eigenvalue weighted by molar-refractivity contribution is 0.587. The summed E-state index contributed by atoms with van der Waals surface area (Å²) in [6.45, 7) is 6.20. The molecule has 0 unspecified atom stereocenters. The highest BCUT2D eigenvalue weighted by molar-refractivity contribution is 7.92. The van der Waals surface area contributed by atoms with Crippen LogP contribution in [0.1, 0.15) is 26.3 Å². The molecule has 0 spiro atoms. The first kappa shape index (κ1) is 19.8. The number of para-hydroxylation sites is 1. The van der Waals surface area contributed by atoms with Gasteiger partial charge < -0.3 is 5.32 Å². The third-order valence-corrected chi connectivity index (χ3v) is 5.58. The van der Waals surface area contributed by atoms with E-state index in [1.54, 1.807) is 42.5 Å². The SMILES string of the molecule is CC(C)(C)c1ccc(S(=O)(=O)Nc2ccc(Nc3ccccc3F)nc2)cc1. The van der Waals surface area contributed by atoms with E-state index in [9.17, 15) is 12.8 Å². The van der Waals surface area contributed by atoms with Crippen molar-refractivity contribution in [3.8, 4) is 0 Å². The number of nitrogens with one attached hydrogen (secondary N) is 2. The Kier molecular flexibility index (Phi) is 5.38. The average molecular weight is 399 g/mol. The first-order chi connectivity index (χ1) is 13.1. The first-order valence-corrected chi connectivity index (χ1v) is 10.2. The molecule has 0 bridgehead atoms. The molecule has 0 fully saturated rings. The first-order valence-electron chi connectivity index (χ1n) is 8.76. The topological polar surface area (TPSA) is 71.1 Å². The van der Waals surface area contributed by atoms with Crippen LogP contribution in [0, 0.1) is 5.82 Å². The second-order valence-corrected chi connectivity index (χ2v) is 9.10. The Hall–Kier alpha value is -2.93. The van der Waals surface area contributed by atoms with Gasteiger partial charge in [0.25, 0.3) is 10.0 Å². The smallest absolute Gasteiger partial charge is 0.261 e. The summed E-state index contributed by atoms with van der Waals surface area (Å²) >= 11 is 0. The van der Waals surface area contributed by atoms with Crippen LogP contribution in [-0.2, 0) is 15.4 Å². The molecule has 3 rings (SSSR count). The van der Waals surface area contributed by atoms with E-state index in [-0.39, 0.29) is 10.3 Å². The fourth-order valence-electron chi connectivity index (χ4n) is 2.58. The minimum Gasteiger partial charge on any atom is -0.338 e. The number of sulfonamides is 1. The van der Waals surface area contributed by atoms with E-state index < -0.39 is 15.8 Å². The summed E-state index contributed by atoms with van der Waals surface area (Å²) in [6, 6.07) is 16.2. The maximum Gasteiger partial charge on any atom is 0.261 e. The van der Waals surface area contributed by atoms with Crippen molar-refractivity contribution in [2.75, 3.05) is 10.0 Å². The molecule has 0 amide bonds. The van der Waals surface area contributed by atoms with Crippen molar-refractivity contribution in [2.24, 2.45) is 0 Å². The third kappa shape index (κ3) is 4.67. The quantitative estimate of drug-likeness (QED) is 0.629. The van der Waals surface area contributed by atoms with E-state index in [0.717, 1.165) is 5.56 Å². The van der Waals surface area contributed by atoms with Crippen LogP contribution in [0.2, 0.25) is 0 Å². The normalized spacial score (nSPS) is 11.9. The fourth-order valence-corrected chi connectivity index (χ4v) is 3.62. The molecular formula is C21H22FN3O2S. The molecule has 2 N–H and O–H groups in total. The van der Waals surface area contributed by atoms with Gasteiger partial charge in [-0.15, -0.1) is 0 Å². The molecule has 146 valence electrons. The van der Waals surface area contributed by atoms with Crippen LogP contribution in [0.4, 0.5) is 21.6 Å². The maximum atomic E-state index is 13.7. The predicted molar refractivity (Wildman–Crippen MR) is 110 cm³/mol. The zero-order chi connectivity index (χ0) is 20.4. The van der Waals surface area contributed by atoms with Gasteiger partial charge in [-0.2, -0.15) is 0 Å². The van der Waals surface area contributed by atoms with Crippen LogP contribution in [0.15, 0.2) is 71.8 Å². The summed E-state index contributed by atoms with van der Waals surface area (Å²) in [5.74, 6) is 0.00959. The highest BCUT2D eigenvalue weighted by Crippen LogP contribution is 2.25. The van der Waals surface area contributed by atoms with Gasteiger partial charge in [-0.25, -0.2) is 17.8 Å². The number of rotatable bonds is 5. The maximum absolute atomic E-state index is 13.7. The molecular weight excluding hydrogens is 377 g/mol. The highest BCUT2D eigenvalue weighted by atomic mass is 32.2. The molecule has 1 heterocycles. The van der Waals surface area contributed by atoms with Gasteiger partial charge in [0.15, 0.2) is 0 Å². The van der Waals surface area contributed by atoms with E-state index in [0.29, 0.717) is 17.2 Å². The molecule has 28 heavy (non-hydrogen) atoms. The fraction of sp³-hybridized carbons (Fsp3) is 0.190. The Labute approximate surface area is 164 Å². The van der Waals surface area contributed by atoms with Crippen LogP contribution >= 0.6 is 0 Å². The third-order valence-electron chi connectivity index (χ3n) is 4.18. The number of halogens is 1. The van der Waals surface area contributed by atoms with E-state index in [2.05, 4.69) is 35.8 Å². The van der Waals surface area contributed by atoms with Gasteiger partial charge >= 0.3 is 0 Å². The van der Waals surface area contributed by atoms with E-state index in [1.165, 1.54) is 12.3 Å². The number of hydrogen-bond donors (Lipinski definition) is 2. The zero-order valence-corrected chi connectivity index (χ0v) is 16.7. The van der Waals surface area contributed by atoms with E-state index in [1.807, 2.05) is 12.1 Å². The van der Waals surface area contributed by atoms with Gasteiger partial charge in [-0.3, -0.25) is 4.72 Å². The summed E-state index contributed by atoms with van der Waals surface area (Å²) in [4.78, 5) is 4.31. The number of benzene rings is 2. The second-order valence-electron chi connectivity index (χ2n) is 7.42. The van der Waals surface area contributed by atoms with Crippen molar-refractivity contribution in [1.82, 2.24) is 4.98 Å². The molecule has 5 nitrogen and oxygen atoms in total. The number of pyridine rings is 1. The number of anilines is 3. The minimum atomic E-state index is -3.72. The number of aromatic nitrogens is 1. The Morgan fingerprint density at radius 2 is 1.61 bits per heavy atom. The summed E-state index contributed by atoms with van der Waals surface area (Å²) in [7, 11) is -3.72. The van der Waals surface area contributed by atoms with Crippen LogP contribution in [0.5, 0.6) is 0 Å². The Morgan fingerprint density at radius 1 is 0.929 bits per heavy atom. The van der Waals surface area contributed by atoms with Gasteiger partial charge in [0.1, 0.15) is 11.6 Å². The lowest BCUT2D eigenvalue weighted by Gasteiger charge is -2.19. The Balaban J connectivity index is 1.73. The van der Waals surface area contributed by atoms with Crippen molar-refractivity contribution in [3.05, 3.63) is 78.2 Å². The van der Waals surface area contributed by atoms with Gasteiger partial charge in [0.2, 0.25) is 0 Å². The molecule has 0 aliphatic carbocycles. The van der Waals surface area contributed by atoms with Gasteiger partial charge in [-0.05, 0) is 47.4 Å². The monoisotopic (exact) mass is 399 g/mol. The van der Waals surface area contributed by atoms with Crippen LogP contribution in [-0.4, -0.2) is 13.4 Å². The molecule has 0 aliphatic heterocycles. The molecule has 0 aliphatic rings. The minimum absolute atomic E-state index is 0.0549. The van der Waals surface area contributed by atoms with Crippen molar-refractivity contribution < 1.29 is 12.8 Å². The lowest BCUT2D eigenvalue weighted by Crippen LogP contribution is -2.15. The average Bonchev–Trinajstić information content (AvgIpc) is 2.64. The molecule has 3 aromatic rings. The van der Waals surface area contributed by atoms with Gasteiger partial charge in [0, 0.05) is 0 Å². The van der Waals surface area contributed by atoms with Crippen LogP contribution in [0.3, 0.4) is 0 Å². The molecule has 0 saturated heterocycles. The molecule has 0 saturated carbocycles. The molecule has 0 radical (unpaired) electrons. The van der Waals surface area contributed by atoms with E-state index in [4.69, 9.17) is 0 Å². The molecule has 7 heteroatoms.